The Bertz CT molecular complexity index is 436. The average molecular weight is 286 g/mol. The number of alkyl halides is 4. The molecule has 0 aliphatic rings. The van der Waals surface area contributed by atoms with E-state index < -0.39 is 24.9 Å². The number of halogens is 4. The van der Waals surface area contributed by atoms with Gasteiger partial charge in [0.1, 0.15) is 0 Å². The van der Waals surface area contributed by atoms with Gasteiger partial charge in [-0.2, -0.15) is 8.78 Å². The van der Waals surface area contributed by atoms with E-state index in [1.54, 1.807) is 0 Å². The lowest BCUT2D eigenvalue weighted by molar-refractivity contribution is -0.139. The van der Waals surface area contributed by atoms with E-state index >= 15 is 0 Å². The van der Waals surface area contributed by atoms with Gasteiger partial charge in [-0.05, 0) is 6.92 Å². The molecule has 1 N–H and O–H groups in total. The molecule has 4 nitrogen and oxygen atoms in total. The molecule has 0 saturated carbocycles. The molecule has 0 unspecified atom stereocenters. The molecule has 0 radical (unpaired) electrons. The second-order valence-electron chi connectivity index (χ2n) is 3.51. The van der Waals surface area contributed by atoms with Crippen LogP contribution in [0.4, 0.5) is 17.6 Å². The first-order valence-electron chi connectivity index (χ1n) is 4.76. The van der Waals surface area contributed by atoms with Crippen molar-refractivity contribution in [2.45, 2.75) is 31.0 Å². The van der Waals surface area contributed by atoms with Crippen molar-refractivity contribution in [2.75, 3.05) is 5.75 Å². The molecule has 0 aromatic carbocycles. The van der Waals surface area contributed by atoms with Crippen molar-refractivity contribution in [3.63, 3.8) is 0 Å². The van der Waals surface area contributed by atoms with Crippen molar-refractivity contribution in [1.29, 1.82) is 0 Å². The summed E-state index contributed by atoms with van der Waals surface area (Å²) in [5.41, 5.74) is 0.267. The second kappa shape index (κ2) is 5.59. The van der Waals surface area contributed by atoms with Crippen LogP contribution in [0, 0.1) is 6.92 Å². The molecule has 0 aliphatic carbocycles. The number of aromatic nitrogens is 2. The van der Waals surface area contributed by atoms with E-state index in [1.807, 2.05) is 0 Å². The van der Waals surface area contributed by atoms with Crippen molar-refractivity contribution in [3.8, 4) is 0 Å². The van der Waals surface area contributed by atoms with Crippen LogP contribution in [0.2, 0.25) is 0 Å². The van der Waals surface area contributed by atoms with Gasteiger partial charge in [-0.25, -0.2) is 13.8 Å². The number of rotatable bonds is 6. The maximum atomic E-state index is 12.9. The summed E-state index contributed by atoms with van der Waals surface area (Å²) in [6.45, 7) is 0.206. The molecule has 0 aliphatic heterocycles. The summed E-state index contributed by atoms with van der Waals surface area (Å²) in [6, 6.07) is 0. The number of hydrogen-bond donors (Lipinski definition) is 1. The van der Waals surface area contributed by atoms with E-state index in [-0.39, 0.29) is 16.6 Å². The Hall–Kier alpha value is -1.25. The Morgan fingerprint density at radius 2 is 2.22 bits per heavy atom. The quantitative estimate of drug-likeness (QED) is 0.644. The molecule has 0 bridgehead atoms. The van der Waals surface area contributed by atoms with Crippen LogP contribution < -0.4 is 0 Å². The number of imidazole rings is 1. The summed E-state index contributed by atoms with van der Waals surface area (Å²) in [7, 11) is 0. The Morgan fingerprint density at radius 1 is 1.61 bits per heavy atom. The Morgan fingerprint density at radius 3 is 2.72 bits per heavy atom. The molecular formula is C9H10F4N2O2S. The summed E-state index contributed by atoms with van der Waals surface area (Å²) in [4.78, 5) is 14.1. The standard InChI is InChI=1S/C9H10F4N2O2S/c1-5-2-14-8(18-3-6(16)17)15(5)4-9(12,13)7(10)11/h2,7H,3-4H2,1H3,(H,16,17). The number of carboxylic acids is 1. The fraction of sp³-hybridized carbons (Fsp3) is 0.556. The topological polar surface area (TPSA) is 55.1 Å². The molecule has 0 saturated heterocycles. The van der Waals surface area contributed by atoms with Gasteiger partial charge in [0.15, 0.2) is 5.16 Å². The summed E-state index contributed by atoms with van der Waals surface area (Å²) in [5.74, 6) is -5.70. The minimum Gasteiger partial charge on any atom is -0.481 e. The number of nitrogens with zero attached hydrogens (tertiary/aromatic N) is 2. The van der Waals surface area contributed by atoms with Crippen molar-refractivity contribution in [2.24, 2.45) is 0 Å². The van der Waals surface area contributed by atoms with Crippen LogP contribution in [-0.4, -0.2) is 38.7 Å². The first-order chi connectivity index (χ1) is 8.24. The lowest BCUT2D eigenvalue weighted by Gasteiger charge is -2.18. The maximum absolute atomic E-state index is 12.9. The van der Waals surface area contributed by atoms with Crippen molar-refractivity contribution >= 4 is 17.7 Å². The summed E-state index contributed by atoms with van der Waals surface area (Å²) >= 11 is 0.702. The molecule has 0 fully saturated rings. The van der Waals surface area contributed by atoms with Crippen LogP contribution in [0.15, 0.2) is 11.4 Å². The van der Waals surface area contributed by atoms with Gasteiger partial charge in [0.25, 0.3) is 0 Å². The first-order valence-corrected chi connectivity index (χ1v) is 5.75. The average Bonchev–Trinajstić information content (AvgIpc) is 2.57. The van der Waals surface area contributed by atoms with Gasteiger partial charge in [0.05, 0.1) is 12.3 Å². The Kier molecular flexibility index (Phi) is 4.60. The summed E-state index contributed by atoms with van der Waals surface area (Å²) in [6.07, 6.45) is -2.55. The Labute approximate surface area is 104 Å². The molecule has 1 heterocycles. The predicted octanol–water partition coefficient (Wildman–Crippen LogP) is 2.27. The minimum absolute atomic E-state index is 0.0183. The number of aliphatic carboxylic acids is 1. The molecule has 0 amide bonds. The summed E-state index contributed by atoms with van der Waals surface area (Å²) < 4.78 is 51.0. The third-order valence-corrected chi connectivity index (χ3v) is 3.01. The highest BCUT2D eigenvalue weighted by Crippen LogP contribution is 2.28. The van der Waals surface area contributed by atoms with E-state index in [0.29, 0.717) is 11.8 Å². The number of hydrogen-bond acceptors (Lipinski definition) is 3. The van der Waals surface area contributed by atoms with Gasteiger partial charge < -0.3 is 9.67 Å². The van der Waals surface area contributed by atoms with E-state index in [1.165, 1.54) is 13.1 Å². The van der Waals surface area contributed by atoms with Crippen molar-refractivity contribution < 1.29 is 27.5 Å². The molecule has 9 heteroatoms. The minimum atomic E-state index is -4.18. The number of carbonyl (C=O) groups is 1. The van der Waals surface area contributed by atoms with Crippen molar-refractivity contribution in [3.05, 3.63) is 11.9 Å². The zero-order valence-corrected chi connectivity index (χ0v) is 10.1. The molecule has 1 aromatic rings. The van der Waals surface area contributed by atoms with Gasteiger partial charge in [-0.3, -0.25) is 4.79 Å². The number of carboxylic acid groups (broad SMARTS) is 1. The van der Waals surface area contributed by atoms with E-state index in [4.69, 9.17) is 5.11 Å². The van der Waals surface area contributed by atoms with E-state index in [9.17, 15) is 22.4 Å². The molecule has 18 heavy (non-hydrogen) atoms. The maximum Gasteiger partial charge on any atom is 0.324 e. The molecule has 102 valence electrons. The lowest BCUT2D eigenvalue weighted by atomic mass is 10.3. The smallest absolute Gasteiger partial charge is 0.324 e. The van der Waals surface area contributed by atoms with Gasteiger partial charge in [-0.1, -0.05) is 11.8 Å². The third kappa shape index (κ3) is 3.62. The van der Waals surface area contributed by atoms with Gasteiger partial charge >= 0.3 is 18.3 Å². The highest BCUT2D eigenvalue weighted by molar-refractivity contribution is 7.99. The van der Waals surface area contributed by atoms with Gasteiger partial charge in [0.2, 0.25) is 0 Å². The molecular weight excluding hydrogens is 276 g/mol. The monoisotopic (exact) mass is 286 g/mol. The van der Waals surface area contributed by atoms with E-state index in [0.717, 1.165) is 4.57 Å². The van der Waals surface area contributed by atoms with Crippen molar-refractivity contribution in [1.82, 2.24) is 9.55 Å². The fourth-order valence-corrected chi connectivity index (χ4v) is 1.90. The number of aryl methyl sites for hydroxylation is 1. The zero-order valence-electron chi connectivity index (χ0n) is 9.24. The lowest BCUT2D eigenvalue weighted by Crippen LogP contribution is -2.32. The Balaban J connectivity index is 2.87. The molecule has 1 aromatic heterocycles. The molecule has 0 atom stereocenters. The number of thioether (sulfide) groups is 1. The molecule has 0 spiro atoms. The zero-order chi connectivity index (χ0) is 13.9. The highest BCUT2D eigenvalue weighted by atomic mass is 32.2. The largest absolute Gasteiger partial charge is 0.481 e. The van der Waals surface area contributed by atoms with Crippen LogP contribution in [0.5, 0.6) is 0 Å². The molecule has 1 rings (SSSR count). The van der Waals surface area contributed by atoms with E-state index in [2.05, 4.69) is 4.98 Å². The fourth-order valence-electron chi connectivity index (χ4n) is 1.15. The van der Waals surface area contributed by atoms with Crippen LogP contribution in [-0.2, 0) is 11.3 Å². The highest BCUT2D eigenvalue weighted by Gasteiger charge is 2.41. The van der Waals surface area contributed by atoms with Crippen LogP contribution in [0.25, 0.3) is 0 Å². The second-order valence-corrected chi connectivity index (χ2v) is 4.45. The first kappa shape index (κ1) is 14.8. The van der Waals surface area contributed by atoms with Crippen LogP contribution in [0.1, 0.15) is 5.69 Å². The van der Waals surface area contributed by atoms with Gasteiger partial charge in [-0.15, -0.1) is 0 Å². The predicted molar refractivity (Wildman–Crippen MR) is 56.3 cm³/mol. The van der Waals surface area contributed by atoms with Crippen LogP contribution >= 0.6 is 11.8 Å². The van der Waals surface area contributed by atoms with Crippen LogP contribution in [0.3, 0.4) is 0 Å². The normalized spacial score (nSPS) is 12.1. The SMILES string of the molecule is Cc1cnc(SCC(=O)O)n1CC(F)(F)C(F)F. The third-order valence-electron chi connectivity index (χ3n) is 2.03. The van der Waals surface area contributed by atoms with Gasteiger partial charge in [0, 0.05) is 11.9 Å². The summed E-state index contributed by atoms with van der Waals surface area (Å²) in [5, 5.41) is 8.45.